The second kappa shape index (κ2) is 6.59. The molecule has 2 aromatic carbocycles. The van der Waals surface area contributed by atoms with Gasteiger partial charge in [0.2, 0.25) is 0 Å². The maximum Gasteiger partial charge on any atom is 0.123 e. The first kappa shape index (κ1) is 14.6. The van der Waals surface area contributed by atoms with Crippen LogP contribution < -0.4 is 5.32 Å². The van der Waals surface area contributed by atoms with Gasteiger partial charge >= 0.3 is 0 Å². The Labute approximate surface area is 130 Å². The third-order valence-electron chi connectivity index (χ3n) is 4.01. The van der Waals surface area contributed by atoms with Crippen molar-refractivity contribution in [1.82, 2.24) is 5.32 Å². The van der Waals surface area contributed by atoms with E-state index in [0.29, 0.717) is 12.0 Å². The number of halogens is 2. The Hall–Kier alpha value is -1.38. The number of hydrogen-bond donors (Lipinski definition) is 1. The highest BCUT2D eigenvalue weighted by Gasteiger charge is 2.31. The molecule has 0 heterocycles. The topological polar surface area (TPSA) is 12.0 Å². The van der Waals surface area contributed by atoms with Crippen molar-refractivity contribution in [3.05, 3.63) is 70.5 Å². The van der Waals surface area contributed by atoms with Gasteiger partial charge in [-0.25, -0.2) is 4.39 Å². The summed E-state index contributed by atoms with van der Waals surface area (Å²) in [5, 5.41) is 4.40. The van der Waals surface area contributed by atoms with Crippen molar-refractivity contribution in [2.24, 2.45) is 5.92 Å². The van der Waals surface area contributed by atoms with Crippen LogP contribution >= 0.6 is 11.6 Å². The van der Waals surface area contributed by atoms with Crippen molar-refractivity contribution in [2.45, 2.75) is 25.3 Å². The number of benzene rings is 2. The van der Waals surface area contributed by atoms with Crippen LogP contribution in [0.2, 0.25) is 5.02 Å². The van der Waals surface area contributed by atoms with Gasteiger partial charge in [0.25, 0.3) is 0 Å². The summed E-state index contributed by atoms with van der Waals surface area (Å²) in [6.07, 6.45) is 3.49. The highest BCUT2D eigenvalue weighted by molar-refractivity contribution is 6.30. The fourth-order valence-electron chi connectivity index (χ4n) is 2.68. The molecule has 1 nitrogen and oxygen atoms in total. The van der Waals surface area contributed by atoms with E-state index in [1.54, 1.807) is 12.1 Å². The minimum Gasteiger partial charge on any atom is -0.309 e. The van der Waals surface area contributed by atoms with Crippen LogP contribution in [0.25, 0.3) is 0 Å². The average Bonchev–Trinajstić information content (AvgIpc) is 3.31. The Morgan fingerprint density at radius 2 is 1.71 bits per heavy atom. The first-order valence-corrected chi connectivity index (χ1v) is 7.83. The molecule has 110 valence electrons. The van der Waals surface area contributed by atoms with Crippen molar-refractivity contribution in [3.8, 4) is 0 Å². The fraction of sp³-hybridized carbons (Fsp3) is 0.333. The molecule has 0 aliphatic heterocycles. The van der Waals surface area contributed by atoms with E-state index in [-0.39, 0.29) is 5.82 Å². The summed E-state index contributed by atoms with van der Waals surface area (Å²) in [7, 11) is 0. The minimum atomic E-state index is -0.172. The van der Waals surface area contributed by atoms with Crippen LogP contribution in [0.3, 0.4) is 0 Å². The highest BCUT2D eigenvalue weighted by Crippen LogP contribution is 2.40. The maximum atomic E-state index is 13.0. The summed E-state index contributed by atoms with van der Waals surface area (Å²) in [4.78, 5) is 0. The van der Waals surface area contributed by atoms with Crippen molar-refractivity contribution >= 4 is 11.6 Å². The standard InChI is InChI=1S/C18H19ClFN/c19-16-7-1-13(2-8-16)11-12-21-18(14-3-4-14)15-5-9-17(20)10-6-15/h1-2,5-10,14,18,21H,3-4,11-12H2. The second-order valence-corrected chi connectivity index (χ2v) is 6.13. The normalized spacial score (nSPS) is 15.9. The molecule has 1 fully saturated rings. The molecule has 0 spiro atoms. The molecule has 1 atom stereocenters. The molecule has 1 aliphatic rings. The van der Waals surface area contributed by atoms with Gasteiger partial charge in [-0.1, -0.05) is 35.9 Å². The van der Waals surface area contributed by atoms with Crippen molar-refractivity contribution in [1.29, 1.82) is 0 Å². The first-order chi connectivity index (χ1) is 10.2. The average molecular weight is 304 g/mol. The van der Waals surface area contributed by atoms with E-state index in [4.69, 9.17) is 11.6 Å². The number of nitrogens with one attached hydrogen (secondary N) is 1. The molecule has 0 radical (unpaired) electrons. The van der Waals surface area contributed by atoms with E-state index in [2.05, 4.69) is 17.4 Å². The highest BCUT2D eigenvalue weighted by atomic mass is 35.5. The molecule has 3 heteroatoms. The lowest BCUT2D eigenvalue weighted by atomic mass is 10.0. The van der Waals surface area contributed by atoms with Gasteiger partial charge in [0.15, 0.2) is 0 Å². The van der Waals surface area contributed by atoms with Gasteiger partial charge in [-0.2, -0.15) is 0 Å². The summed E-state index contributed by atoms with van der Waals surface area (Å²) >= 11 is 5.89. The Bertz CT molecular complexity index is 575. The van der Waals surface area contributed by atoms with Gasteiger partial charge in [0.05, 0.1) is 0 Å². The zero-order valence-electron chi connectivity index (χ0n) is 11.9. The third kappa shape index (κ3) is 4.05. The molecule has 0 bridgehead atoms. The molecule has 2 aromatic rings. The molecular formula is C18H19ClFN. The SMILES string of the molecule is Fc1ccc(C(NCCc2ccc(Cl)cc2)C2CC2)cc1. The van der Waals surface area contributed by atoms with Crippen molar-refractivity contribution in [3.63, 3.8) is 0 Å². The summed E-state index contributed by atoms with van der Waals surface area (Å²) in [5.41, 5.74) is 2.47. The monoisotopic (exact) mass is 303 g/mol. The minimum absolute atomic E-state index is 0.172. The molecule has 1 aliphatic carbocycles. The molecule has 1 saturated carbocycles. The van der Waals surface area contributed by atoms with Gasteiger partial charge in [0.1, 0.15) is 5.82 Å². The molecule has 3 rings (SSSR count). The molecule has 1 N–H and O–H groups in total. The summed E-state index contributed by atoms with van der Waals surface area (Å²) in [6.45, 7) is 0.917. The van der Waals surface area contributed by atoms with Crippen LogP contribution in [-0.2, 0) is 6.42 Å². The van der Waals surface area contributed by atoms with E-state index in [1.165, 1.54) is 24.0 Å². The van der Waals surface area contributed by atoms with E-state index >= 15 is 0 Å². The van der Waals surface area contributed by atoms with Crippen LogP contribution in [0, 0.1) is 11.7 Å². The largest absolute Gasteiger partial charge is 0.309 e. The molecule has 21 heavy (non-hydrogen) atoms. The predicted molar refractivity (Wildman–Crippen MR) is 85.0 cm³/mol. The Balaban J connectivity index is 1.58. The predicted octanol–water partition coefficient (Wildman–Crippen LogP) is 4.76. The van der Waals surface area contributed by atoms with Gasteiger partial charge in [0, 0.05) is 11.1 Å². The van der Waals surface area contributed by atoms with E-state index in [0.717, 1.165) is 18.0 Å². The van der Waals surface area contributed by atoms with Gasteiger partial charge in [-0.05, 0) is 67.1 Å². The quantitative estimate of drug-likeness (QED) is 0.811. The lowest BCUT2D eigenvalue weighted by Crippen LogP contribution is -2.25. The van der Waals surface area contributed by atoms with Crippen LogP contribution in [-0.4, -0.2) is 6.54 Å². The Morgan fingerprint density at radius 1 is 1.05 bits per heavy atom. The van der Waals surface area contributed by atoms with Crippen LogP contribution in [0.15, 0.2) is 48.5 Å². The lowest BCUT2D eigenvalue weighted by molar-refractivity contribution is 0.483. The van der Waals surface area contributed by atoms with Crippen LogP contribution in [0.1, 0.15) is 30.0 Å². The smallest absolute Gasteiger partial charge is 0.123 e. The zero-order chi connectivity index (χ0) is 14.7. The number of hydrogen-bond acceptors (Lipinski definition) is 1. The van der Waals surface area contributed by atoms with Gasteiger partial charge in [-0.3, -0.25) is 0 Å². The summed E-state index contributed by atoms with van der Waals surface area (Å²) in [6, 6.07) is 15.2. The molecule has 1 unspecified atom stereocenters. The van der Waals surface area contributed by atoms with Crippen LogP contribution in [0.5, 0.6) is 0 Å². The number of rotatable bonds is 6. The van der Waals surface area contributed by atoms with Crippen molar-refractivity contribution in [2.75, 3.05) is 6.54 Å². The first-order valence-electron chi connectivity index (χ1n) is 7.45. The maximum absolute atomic E-state index is 13.0. The van der Waals surface area contributed by atoms with Crippen LogP contribution in [0.4, 0.5) is 4.39 Å². The Kier molecular flexibility index (Phi) is 4.57. The zero-order valence-corrected chi connectivity index (χ0v) is 12.6. The fourth-order valence-corrected chi connectivity index (χ4v) is 2.81. The van der Waals surface area contributed by atoms with Gasteiger partial charge in [-0.15, -0.1) is 0 Å². The molecule has 0 saturated heterocycles. The third-order valence-corrected chi connectivity index (χ3v) is 4.27. The van der Waals surface area contributed by atoms with E-state index < -0.39 is 0 Å². The molecule has 0 amide bonds. The van der Waals surface area contributed by atoms with Gasteiger partial charge < -0.3 is 5.32 Å². The molecule has 0 aromatic heterocycles. The summed E-state index contributed by atoms with van der Waals surface area (Å²) in [5.74, 6) is 0.523. The van der Waals surface area contributed by atoms with E-state index in [1.807, 2.05) is 24.3 Å². The lowest BCUT2D eigenvalue weighted by Gasteiger charge is -2.19. The second-order valence-electron chi connectivity index (χ2n) is 5.70. The van der Waals surface area contributed by atoms with E-state index in [9.17, 15) is 4.39 Å². The summed E-state index contributed by atoms with van der Waals surface area (Å²) < 4.78 is 13.0. The van der Waals surface area contributed by atoms with Crippen molar-refractivity contribution < 1.29 is 4.39 Å². The Morgan fingerprint density at radius 3 is 2.33 bits per heavy atom. The molecular weight excluding hydrogens is 285 g/mol.